The quantitative estimate of drug-likeness (QED) is 0.151. The highest BCUT2D eigenvalue weighted by atomic mass is 35.5. The monoisotopic (exact) mass is 601 g/mol. The molecule has 0 saturated carbocycles. The molecule has 226 valence electrons. The first-order valence-corrected chi connectivity index (χ1v) is 16.5. The van der Waals surface area contributed by atoms with E-state index in [1.807, 2.05) is 0 Å². The van der Waals surface area contributed by atoms with Crippen LogP contribution in [0.25, 0.3) is 21.5 Å². The second-order valence-corrected chi connectivity index (χ2v) is 14.2. The number of fused-ring (bicyclic) bond motifs is 6. The molecule has 0 amide bonds. The Labute approximate surface area is 269 Å². The summed E-state index contributed by atoms with van der Waals surface area (Å²) in [4.78, 5) is 2.37. The molecule has 0 fully saturated rings. The Morgan fingerprint density at radius 2 is 1.48 bits per heavy atom. The van der Waals surface area contributed by atoms with Crippen LogP contribution in [0.2, 0.25) is 0 Å². The molecule has 44 heavy (non-hydrogen) atoms. The molecule has 0 spiro atoms. The predicted octanol–water partition coefficient (Wildman–Crippen LogP) is 11.2. The average molecular weight is 602 g/mol. The topological polar surface area (TPSA) is 6.25 Å². The van der Waals surface area contributed by atoms with E-state index in [1.165, 1.54) is 61.0 Å². The van der Waals surface area contributed by atoms with Crippen molar-refractivity contribution in [2.45, 2.75) is 71.6 Å². The Bertz CT molecular complexity index is 1900. The van der Waals surface area contributed by atoms with Gasteiger partial charge in [-0.1, -0.05) is 112 Å². The van der Waals surface area contributed by atoms with E-state index >= 15 is 0 Å². The second-order valence-electron chi connectivity index (χ2n) is 13.8. The van der Waals surface area contributed by atoms with Gasteiger partial charge in [0.25, 0.3) is 0 Å². The number of allylic oxidation sites excluding steroid dienone is 6. The Kier molecular flexibility index (Phi) is 7.87. The van der Waals surface area contributed by atoms with Crippen LogP contribution in [0.1, 0.15) is 71.9 Å². The second kappa shape index (κ2) is 11.4. The smallest absolute Gasteiger partial charge is 0.210 e. The molecule has 4 aromatic rings. The molecule has 2 aliphatic rings. The van der Waals surface area contributed by atoms with Crippen LogP contribution < -0.4 is 4.90 Å². The van der Waals surface area contributed by atoms with Crippen LogP contribution in [0.4, 0.5) is 11.4 Å². The SMILES string of the molecule is CCCCC(/C=C/C1=[N+](C)c2ccc3ccccc3c2C1(C)C)=C(/Cl)C(C)/C=C1/N(C)c2ccc3ccccc3c2C1(C)C. The van der Waals surface area contributed by atoms with E-state index in [0.29, 0.717) is 0 Å². The van der Waals surface area contributed by atoms with Gasteiger partial charge in [-0.2, -0.15) is 4.58 Å². The van der Waals surface area contributed by atoms with E-state index in [9.17, 15) is 0 Å². The fourth-order valence-electron chi connectivity index (χ4n) is 7.82. The van der Waals surface area contributed by atoms with Crippen LogP contribution >= 0.6 is 11.6 Å². The molecule has 0 aliphatic carbocycles. The summed E-state index contributed by atoms with van der Waals surface area (Å²) in [5.74, 6) is 0.0888. The van der Waals surface area contributed by atoms with Crippen LogP contribution in [0, 0.1) is 5.92 Å². The Balaban J connectivity index is 1.37. The molecule has 0 aromatic heterocycles. The highest BCUT2D eigenvalue weighted by Gasteiger charge is 2.44. The average Bonchev–Trinajstić information content (AvgIpc) is 3.34. The van der Waals surface area contributed by atoms with E-state index in [1.54, 1.807) is 0 Å². The molecule has 2 aliphatic heterocycles. The van der Waals surface area contributed by atoms with Crippen molar-refractivity contribution in [2.75, 3.05) is 19.0 Å². The first-order chi connectivity index (χ1) is 21.0. The van der Waals surface area contributed by atoms with Gasteiger partial charge >= 0.3 is 0 Å². The molecular formula is C41H46ClN2+. The van der Waals surface area contributed by atoms with E-state index in [2.05, 4.69) is 156 Å². The first kappa shape index (κ1) is 30.4. The summed E-state index contributed by atoms with van der Waals surface area (Å²) in [7, 11) is 4.40. The van der Waals surface area contributed by atoms with E-state index in [-0.39, 0.29) is 16.7 Å². The number of benzene rings is 4. The van der Waals surface area contributed by atoms with Crippen LogP contribution in [0.15, 0.2) is 107 Å². The number of unbranched alkanes of at least 4 members (excludes halogenated alkanes) is 1. The normalized spacial score (nSPS) is 19.3. The molecule has 0 saturated heterocycles. The Morgan fingerprint density at radius 1 is 0.864 bits per heavy atom. The standard InChI is InChI=1S/C41H46ClN2/c1-9-10-15-30(22-25-35-40(3,4)37-31-18-13-11-16-28(31)20-23-33(37)43(35)7)39(42)27(2)26-36-41(5,6)38-32-19-14-12-17-29(32)21-24-34(38)44(36)8/h11-14,16-27H,9-10,15H2,1-8H3/q+1/b25-22+,36-26+,39-30-. The molecule has 1 atom stereocenters. The third kappa shape index (κ3) is 4.83. The van der Waals surface area contributed by atoms with Crippen molar-refractivity contribution < 1.29 is 4.58 Å². The van der Waals surface area contributed by atoms with E-state index < -0.39 is 0 Å². The minimum absolute atomic E-state index is 0.0888. The lowest BCUT2D eigenvalue weighted by Gasteiger charge is -2.26. The predicted molar refractivity (Wildman–Crippen MR) is 192 cm³/mol. The van der Waals surface area contributed by atoms with Crippen LogP contribution in [0.3, 0.4) is 0 Å². The van der Waals surface area contributed by atoms with Crippen molar-refractivity contribution in [1.82, 2.24) is 0 Å². The largest absolute Gasteiger partial charge is 0.347 e. The van der Waals surface area contributed by atoms with E-state index in [4.69, 9.17) is 11.6 Å². The molecule has 0 N–H and O–H groups in total. The van der Waals surface area contributed by atoms with Gasteiger partial charge in [0.2, 0.25) is 5.69 Å². The minimum Gasteiger partial charge on any atom is -0.347 e. The molecular weight excluding hydrogens is 556 g/mol. The maximum Gasteiger partial charge on any atom is 0.210 e. The lowest BCUT2D eigenvalue weighted by molar-refractivity contribution is -0.401. The fraction of sp³-hybridized carbons (Fsp3) is 0.341. The van der Waals surface area contributed by atoms with Gasteiger partial charge in [0.15, 0.2) is 5.71 Å². The van der Waals surface area contributed by atoms with Gasteiger partial charge < -0.3 is 4.90 Å². The molecule has 0 bridgehead atoms. The van der Waals surface area contributed by atoms with Crippen molar-refractivity contribution >= 4 is 50.2 Å². The zero-order chi connectivity index (χ0) is 31.4. The zero-order valence-electron chi connectivity index (χ0n) is 27.6. The van der Waals surface area contributed by atoms with Gasteiger partial charge in [-0.05, 0) is 71.5 Å². The summed E-state index contributed by atoms with van der Waals surface area (Å²) in [6.45, 7) is 13.9. The van der Waals surface area contributed by atoms with Crippen LogP contribution in [-0.2, 0) is 10.8 Å². The summed E-state index contributed by atoms with van der Waals surface area (Å²) in [5.41, 5.74) is 8.96. The molecule has 2 heterocycles. The molecule has 2 nitrogen and oxygen atoms in total. The van der Waals surface area contributed by atoms with Crippen molar-refractivity contribution in [3.05, 3.63) is 118 Å². The maximum atomic E-state index is 7.36. The zero-order valence-corrected chi connectivity index (χ0v) is 28.4. The van der Waals surface area contributed by atoms with Crippen molar-refractivity contribution in [3.8, 4) is 0 Å². The van der Waals surface area contributed by atoms with Gasteiger partial charge in [-0.15, -0.1) is 0 Å². The van der Waals surface area contributed by atoms with Gasteiger partial charge in [-0.3, -0.25) is 0 Å². The number of hydrogen-bond acceptors (Lipinski definition) is 1. The minimum atomic E-state index is -0.128. The third-order valence-corrected chi connectivity index (χ3v) is 10.7. The summed E-state index contributed by atoms with van der Waals surface area (Å²) >= 11 is 7.36. The molecule has 1 unspecified atom stereocenters. The fourth-order valence-corrected chi connectivity index (χ4v) is 8.04. The number of nitrogens with zero attached hydrogens (tertiary/aromatic N) is 2. The number of halogens is 1. The molecule has 0 radical (unpaired) electrons. The van der Waals surface area contributed by atoms with Gasteiger partial charge in [0.05, 0.1) is 5.41 Å². The number of likely N-dealkylation sites (N-methyl/N-ethyl adjacent to an activating group) is 1. The highest BCUT2D eigenvalue weighted by Crippen LogP contribution is 2.51. The molecule has 3 heteroatoms. The number of hydrogen-bond donors (Lipinski definition) is 0. The summed E-state index contributed by atoms with van der Waals surface area (Å²) < 4.78 is 2.37. The van der Waals surface area contributed by atoms with Crippen molar-refractivity contribution in [2.24, 2.45) is 5.92 Å². The van der Waals surface area contributed by atoms with Crippen molar-refractivity contribution in [1.29, 1.82) is 0 Å². The number of rotatable bonds is 7. The van der Waals surface area contributed by atoms with Crippen molar-refractivity contribution in [3.63, 3.8) is 0 Å². The van der Waals surface area contributed by atoms with Crippen LogP contribution in [0.5, 0.6) is 0 Å². The highest BCUT2D eigenvalue weighted by molar-refractivity contribution is 6.30. The lowest BCUT2D eigenvalue weighted by atomic mass is 9.79. The molecule has 6 rings (SSSR count). The summed E-state index contributed by atoms with van der Waals surface area (Å²) in [6.07, 6.45) is 10.3. The van der Waals surface area contributed by atoms with Crippen LogP contribution in [-0.4, -0.2) is 24.4 Å². The molecule has 4 aromatic carbocycles. The van der Waals surface area contributed by atoms with Gasteiger partial charge in [0.1, 0.15) is 7.05 Å². The lowest BCUT2D eigenvalue weighted by Crippen LogP contribution is -2.27. The third-order valence-electron chi connectivity index (χ3n) is 10.1. The Hall–Kier alpha value is -3.62. The van der Waals surface area contributed by atoms with Gasteiger partial charge in [-0.25, -0.2) is 0 Å². The first-order valence-electron chi connectivity index (χ1n) is 16.2. The number of anilines is 1. The maximum absolute atomic E-state index is 7.36. The van der Waals surface area contributed by atoms with E-state index in [0.717, 1.165) is 24.3 Å². The summed E-state index contributed by atoms with van der Waals surface area (Å²) in [6, 6.07) is 26.5. The summed E-state index contributed by atoms with van der Waals surface area (Å²) in [5, 5.41) is 6.19. The Morgan fingerprint density at radius 3 is 2.14 bits per heavy atom. The van der Waals surface area contributed by atoms with Gasteiger partial charge in [0, 0.05) is 52.5 Å².